The van der Waals surface area contributed by atoms with Crippen molar-refractivity contribution in [1.82, 2.24) is 0 Å². The Bertz CT molecular complexity index is 732. The van der Waals surface area contributed by atoms with Gasteiger partial charge in [0.05, 0.1) is 0 Å². The van der Waals surface area contributed by atoms with Crippen LogP contribution in [-0.2, 0) is 6.54 Å². The molecular formula is C18H17NO. The van der Waals surface area contributed by atoms with Crippen LogP contribution >= 0.6 is 0 Å². The summed E-state index contributed by atoms with van der Waals surface area (Å²) >= 11 is 0. The molecule has 2 heteroatoms. The van der Waals surface area contributed by atoms with Gasteiger partial charge in [-0.15, -0.1) is 0 Å². The maximum atomic E-state index is 6.01. The molecule has 0 saturated carbocycles. The minimum Gasteiger partial charge on any atom is -0.457 e. The highest BCUT2D eigenvalue weighted by Gasteiger charge is 2.06. The van der Waals surface area contributed by atoms with Crippen molar-refractivity contribution in [2.24, 2.45) is 5.73 Å². The molecular weight excluding hydrogens is 246 g/mol. The molecule has 2 nitrogen and oxygen atoms in total. The minimum atomic E-state index is 0.533. The Labute approximate surface area is 118 Å². The molecule has 3 aromatic carbocycles. The van der Waals surface area contributed by atoms with Crippen molar-refractivity contribution in [3.8, 4) is 11.5 Å². The topological polar surface area (TPSA) is 35.2 Å². The van der Waals surface area contributed by atoms with Gasteiger partial charge in [-0.3, -0.25) is 0 Å². The fraction of sp³-hybridized carbons (Fsp3) is 0.111. The summed E-state index contributed by atoms with van der Waals surface area (Å²) in [7, 11) is 0. The van der Waals surface area contributed by atoms with Crippen molar-refractivity contribution in [3.05, 3.63) is 71.8 Å². The summed E-state index contributed by atoms with van der Waals surface area (Å²) in [6, 6.07) is 20.3. The maximum absolute atomic E-state index is 6.01. The molecule has 20 heavy (non-hydrogen) atoms. The number of hydrogen-bond acceptors (Lipinski definition) is 2. The molecule has 0 atom stereocenters. The van der Waals surface area contributed by atoms with E-state index in [-0.39, 0.29) is 0 Å². The Morgan fingerprint density at radius 3 is 2.25 bits per heavy atom. The van der Waals surface area contributed by atoms with E-state index < -0.39 is 0 Å². The van der Waals surface area contributed by atoms with Crippen LogP contribution in [0.1, 0.15) is 11.1 Å². The first-order valence-electron chi connectivity index (χ1n) is 6.73. The molecule has 0 aliphatic heterocycles. The second-order valence-electron chi connectivity index (χ2n) is 4.89. The zero-order valence-electron chi connectivity index (χ0n) is 11.5. The van der Waals surface area contributed by atoms with Crippen molar-refractivity contribution < 1.29 is 4.74 Å². The van der Waals surface area contributed by atoms with E-state index in [2.05, 4.69) is 19.1 Å². The molecule has 0 fully saturated rings. The van der Waals surface area contributed by atoms with Crippen LogP contribution < -0.4 is 10.5 Å². The second-order valence-corrected chi connectivity index (χ2v) is 4.89. The average Bonchev–Trinajstić information content (AvgIpc) is 2.50. The Hall–Kier alpha value is -2.32. The number of nitrogens with two attached hydrogens (primary N) is 1. The van der Waals surface area contributed by atoms with Gasteiger partial charge in [0.15, 0.2) is 0 Å². The fourth-order valence-electron chi connectivity index (χ4n) is 2.33. The van der Waals surface area contributed by atoms with Crippen molar-refractivity contribution >= 4 is 10.8 Å². The highest BCUT2D eigenvalue weighted by molar-refractivity contribution is 5.91. The van der Waals surface area contributed by atoms with E-state index in [1.807, 2.05) is 48.5 Å². The van der Waals surface area contributed by atoms with Gasteiger partial charge in [0.1, 0.15) is 11.5 Å². The van der Waals surface area contributed by atoms with E-state index >= 15 is 0 Å². The molecule has 0 aliphatic rings. The lowest BCUT2D eigenvalue weighted by Gasteiger charge is -2.11. The van der Waals surface area contributed by atoms with Crippen LogP contribution in [0.2, 0.25) is 0 Å². The zero-order chi connectivity index (χ0) is 13.9. The molecule has 2 N–H and O–H groups in total. The monoisotopic (exact) mass is 263 g/mol. The molecule has 100 valence electrons. The number of fused-ring (bicyclic) bond motifs is 1. The Kier molecular flexibility index (Phi) is 3.40. The van der Waals surface area contributed by atoms with Crippen LogP contribution in [0.4, 0.5) is 0 Å². The molecule has 0 unspecified atom stereocenters. The smallest absolute Gasteiger partial charge is 0.135 e. The van der Waals surface area contributed by atoms with Crippen LogP contribution in [0, 0.1) is 6.92 Å². The molecule has 0 heterocycles. The number of ether oxygens (including phenoxy) is 1. The van der Waals surface area contributed by atoms with Crippen LogP contribution in [0.5, 0.6) is 11.5 Å². The van der Waals surface area contributed by atoms with Gasteiger partial charge >= 0.3 is 0 Å². The van der Waals surface area contributed by atoms with Gasteiger partial charge in [0, 0.05) is 11.9 Å². The zero-order valence-corrected chi connectivity index (χ0v) is 11.5. The Morgan fingerprint density at radius 2 is 1.55 bits per heavy atom. The van der Waals surface area contributed by atoms with Gasteiger partial charge in [0.25, 0.3) is 0 Å². The van der Waals surface area contributed by atoms with E-state index in [9.17, 15) is 0 Å². The molecule has 0 aliphatic carbocycles. The predicted octanol–water partition coefficient (Wildman–Crippen LogP) is 4.40. The highest BCUT2D eigenvalue weighted by Crippen LogP contribution is 2.31. The summed E-state index contributed by atoms with van der Waals surface area (Å²) in [5, 5.41) is 2.25. The lowest BCUT2D eigenvalue weighted by atomic mass is 10.0. The lowest BCUT2D eigenvalue weighted by Crippen LogP contribution is -1.97. The maximum Gasteiger partial charge on any atom is 0.135 e. The van der Waals surface area contributed by atoms with E-state index in [0.29, 0.717) is 6.54 Å². The average molecular weight is 263 g/mol. The minimum absolute atomic E-state index is 0.533. The van der Waals surface area contributed by atoms with Gasteiger partial charge in [-0.1, -0.05) is 48.0 Å². The van der Waals surface area contributed by atoms with Crippen LogP contribution in [0.3, 0.4) is 0 Å². The molecule has 0 radical (unpaired) electrons. The summed E-state index contributed by atoms with van der Waals surface area (Å²) in [4.78, 5) is 0. The number of hydrogen-bond donors (Lipinski definition) is 1. The van der Waals surface area contributed by atoms with Crippen LogP contribution in [-0.4, -0.2) is 0 Å². The SMILES string of the molecule is Cc1ccc(Oc2ccc(CN)c3ccccc23)cc1. The normalized spacial score (nSPS) is 10.7. The molecule has 3 aromatic rings. The number of rotatable bonds is 3. The van der Waals surface area contributed by atoms with Gasteiger partial charge in [-0.25, -0.2) is 0 Å². The van der Waals surface area contributed by atoms with Gasteiger partial charge < -0.3 is 10.5 Å². The summed E-state index contributed by atoms with van der Waals surface area (Å²) in [6.45, 7) is 2.60. The quantitative estimate of drug-likeness (QED) is 0.760. The Morgan fingerprint density at radius 1 is 0.850 bits per heavy atom. The first kappa shape index (κ1) is 12.7. The predicted molar refractivity (Wildman–Crippen MR) is 83.1 cm³/mol. The van der Waals surface area contributed by atoms with Gasteiger partial charge in [-0.05, 0) is 36.1 Å². The summed E-state index contributed by atoms with van der Waals surface area (Å²) in [5.74, 6) is 1.71. The van der Waals surface area contributed by atoms with Crippen molar-refractivity contribution in [2.75, 3.05) is 0 Å². The van der Waals surface area contributed by atoms with E-state index in [1.165, 1.54) is 5.56 Å². The molecule has 0 spiro atoms. The van der Waals surface area contributed by atoms with Crippen molar-refractivity contribution in [3.63, 3.8) is 0 Å². The molecule has 0 bridgehead atoms. The third-order valence-electron chi connectivity index (χ3n) is 3.44. The van der Waals surface area contributed by atoms with Gasteiger partial charge in [-0.2, -0.15) is 0 Å². The van der Waals surface area contributed by atoms with Crippen molar-refractivity contribution in [2.45, 2.75) is 13.5 Å². The standard InChI is InChI=1S/C18H17NO/c1-13-6-9-15(10-7-13)20-18-11-8-14(12-19)16-4-2-3-5-17(16)18/h2-11H,12,19H2,1H3. The van der Waals surface area contributed by atoms with E-state index in [4.69, 9.17) is 10.5 Å². The summed E-state index contributed by atoms with van der Waals surface area (Å²) in [5.41, 5.74) is 8.15. The highest BCUT2D eigenvalue weighted by atomic mass is 16.5. The van der Waals surface area contributed by atoms with Gasteiger partial charge in [0.2, 0.25) is 0 Å². The van der Waals surface area contributed by atoms with Crippen LogP contribution in [0.15, 0.2) is 60.7 Å². The Balaban J connectivity index is 2.06. The third-order valence-corrected chi connectivity index (χ3v) is 3.44. The molecule has 3 rings (SSSR count). The lowest BCUT2D eigenvalue weighted by molar-refractivity contribution is 0.488. The van der Waals surface area contributed by atoms with E-state index in [1.54, 1.807) is 0 Å². The van der Waals surface area contributed by atoms with E-state index in [0.717, 1.165) is 27.8 Å². The summed E-state index contributed by atoms with van der Waals surface area (Å²) in [6.07, 6.45) is 0. The number of benzene rings is 3. The fourth-order valence-corrected chi connectivity index (χ4v) is 2.33. The second kappa shape index (κ2) is 5.35. The first-order valence-corrected chi connectivity index (χ1v) is 6.73. The molecule has 0 aromatic heterocycles. The third kappa shape index (κ3) is 2.38. The van der Waals surface area contributed by atoms with Crippen molar-refractivity contribution in [1.29, 1.82) is 0 Å². The first-order chi connectivity index (χ1) is 9.78. The summed E-state index contributed by atoms with van der Waals surface area (Å²) < 4.78 is 6.01. The molecule has 0 amide bonds. The number of aryl methyl sites for hydroxylation is 1. The largest absolute Gasteiger partial charge is 0.457 e. The molecule has 0 saturated heterocycles. The van der Waals surface area contributed by atoms with Crippen LogP contribution in [0.25, 0.3) is 10.8 Å².